The van der Waals surface area contributed by atoms with E-state index in [1.165, 1.54) is 23.8 Å². The van der Waals surface area contributed by atoms with Crippen LogP contribution in [0.25, 0.3) is 21.8 Å². The van der Waals surface area contributed by atoms with Crippen LogP contribution in [-0.2, 0) is 6.54 Å². The van der Waals surface area contributed by atoms with Crippen LogP contribution in [0, 0.1) is 17.0 Å². The third kappa shape index (κ3) is 4.85. The summed E-state index contributed by atoms with van der Waals surface area (Å²) in [6.07, 6.45) is 0. The maximum Gasteiger partial charge on any atom is 0.288 e. The summed E-state index contributed by atoms with van der Waals surface area (Å²) in [6, 6.07) is 20.0. The van der Waals surface area contributed by atoms with Crippen LogP contribution >= 0.6 is 22.9 Å². The SMILES string of the molecule is Cc1ccc(-c2csc(-c3ccc(CNC(=O)c4ccc(Cl)c([N+](=O)[O-])c4)cc3)n2)cc1. The highest BCUT2D eigenvalue weighted by atomic mass is 35.5. The van der Waals surface area contributed by atoms with Crippen LogP contribution in [-0.4, -0.2) is 15.8 Å². The van der Waals surface area contributed by atoms with E-state index in [2.05, 4.69) is 36.5 Å². The largest absolute Gasteiger partial charge is 0.348 e. The molecule has 0 radical (unpaired) electrons. The van der Waals surface area contributed by atoms with Crippen molar-refractivity contribution in [2.75, 3.05) is 0 Å². The number of thiazole rings is 1. The van der Waals surface area contributed by atoms with Crippen LogP contribution in [0.15, 0.2) is 72.1 Å². The van der Waals surface area contributed by atoms with Gasteiger partial charge in [0.15, 0.2) is 0 Å². The van der Waals surface area contributed by atoms with E-state index in [0.717, 1.165) is 27.4 Å². The van der Waals surface area contributed by atoms with Crippen molar-refractivity contribution in [3.05, 3.63) is 104 Å². The van der Waals surface area contributed by atoms with Crippen molar-refractivity contribution in [1.29, 1.82) is 0 Å². The number of nitrogens with zero attached hydrogens (tertiary/aromatic N) is 2. The molecule has 0 atom stereocenters. The molecule has 0 saturated carbocycles. The quantitative estimate of drug-likeness (QED) is 0.269. The number of hydrogen-bond donors (Lipinski definition) is 1. The van der Waals surface area contributed by atoms with Gasteiger partial charge in [-0.05, 0) is 24.6 Å². The van der Waals surface area contributed by atoms with Gasteiger partial charge in [0.25, 0.3) is 11.6 Å². The van der Waals surface area contributed by atoms with Crippen LogP contribution in [0.1, 0.15) is 21.5 Å². The van der Waals surface area contributed by atoms with E-state index in [-0.39, 0.29) is 16.3 Å². The van der Waals surface area contributed by atoms with Gasteiger partial charge in [0, 0.05) is 34.7 Å². The van der Waals surface area contributed by atoms with E-state index >= 15 is 0 Å². The number of benzene rings is 3. The zero-order valence-electron chi connectivity index (χ0n) is 17.0. The molecule has 4 rings (SSSR count). The summed E-state index contributed by atoms with van der Waals surface area (Å²) in [5.74, 6) is -0.406. The molecule has 1 heterocycles. The maximum atomic E-state index is 12.4. The number of nitro groups is 1. The Balaban J connectivity index is 1.41. The number of rotatable bonds is 6. The van der Waals surface area contributed by atoms with Gasteiger partial charge in [0.05, 0.1) is 10.6 Å². The minimum atomic E-state index is -0.610. The molecule has 3 aromatic carbocycles. The molecule has 0 aliphatic heterocycles. The van der Waals surface area contributed by atoms with Crippen molar-refractivity contribution in [2.24, 2.45) is 0 Å². The molecule has 32 heavy (non-hydrogen) atoms. The van der Waals surface area contributed by atoms with Gasteiger partial charge in [-0.3, -0.25) is 14.9 Å². The second kappa shape index (κ2) is 9.30. The third-order valence-corrected chi connectivity index (χ3v) is 6.12. The second-order valence-electron chi connectivity index (χ2n) is 7.21. The molecular formula is C24H18ClN3O3S. The van der Waals surface area contributed by atoms with Gasteiger partial charge in [-0.25, -0.2) is 4.98 Å². The highest BCUT2D eigenvalue weighted by Gasteiger charge is 2.16. The average Bonchev–Trinajstić information content (AvgIpc) is 3.28. The van der Waals surface area contributed by atoms with Crippen molar-refractivity contribution in [2.45, 2.75) is 13.5 Å². The molecule has 8 heteroatoms. The Morgan fingerprint density at radius 1 is 1.06 bits per heavy atom. The van der Waals surface area contributed by atoms with E-state index in [9.17, 15) is 14.9 Å². The molecule has 1 amide bonds. The van der Waals surface area contributed by atoms with Gasteiger partial charge in [-0.1, -0.05) is 65.7 Å². The first-order valence-electron chi connectivity index (χ1n) is 9.75. The Kier molecular flexibility index (Phi) is 6.30. The molecule has 0 aliphatic carbocycles. The van der Waals surface area contributed by atoms with E-state index in [1.54, 1.807) is 11.3 Å². The summed E-state index contributed by atoms with van der Waals surface area (Å²) in [7, 11) is 0. The van der Waals surface area contributed by atoms with Crippen molar-refractivity contribution in [3.63, 3.8) is 0 Å². The number of carbonyl (C=O) groups is 1. The molecule has 0 spiro atoms. The first-order valence-corrected chi connectivity index (χ1v) is 11.0. The molecule has 1 N–H and O–H groups in total. The average molecular weight is 464 g/mol. The van der Waals surface area contributed by atoms with E-state index < -0.39 is 10.8 Å². The summed E-state index contributed by atoms with van der Waals surface area (Å²) in [5.41, 5.74) is 5.03. The highest BCUT2D eigenvalue weighted by molar-refractivity contribution is 7.13. The number of halogens is 1. The van der Waals surface area contributed by atoms with Crippen molar-refractivity contribution in [1.82, 2.24) is 10.3 Å². The van der Waals surface area contributed by atoms with Crippen LogP contribution in [0.5, 0.6) is 0 Å². The lowest BCUT2D eigenvalue weighted by molar-refractivity contribution is -0.384. The lowest BCUT2D eigenvalue weighted by Crippen LogP contribution is -2.22. The van der Waals surface area contributed by atoms with Crippen LogP contribution in [0.2, 0.25) is 5.02 Å². The predicted molar refractivity (Wildman–Crippen MR) is 127 cm³/mol. The molecule has 6 nitrogen and oxygen atoms in total. The fourth-order valence-corrected chi connectivity index (χ4v) is 4.13. The number of aryl methyl sites for hydroxylation is 1. The minimum absolute atomic E-state index is 0.00476. The molecule has 0 bridgehead atoms. The Morgan fingerprint density at radius 3 is 2.44 bits per heavy atom. The van der Waals surface area contributed by atoms with Gasteiger partial charge in [0.1, 0.15) is 10.0 Å². The normalized spacial score (nSPS) is 10.7. The first-order chi connectivity index (χ1) is 15.4. The summed E-state index contributed by atoms with van der Waals surface area (Å²) < 4.78 is 0. The Morgan fingerprint density at radius 2 is 1.75 bits per heavy atom. The Hall–Kier alpha value is -3.55. The van der Waals surface area contributed by atoms with Crippen molar-refractivity contribution in [3.8, 4) is 21.8 Å². The summed E-state index contributed by atoms with van der Waals surface area (Å²) in [4.78, 5) is 27.5. The summed E-state index contributed by atoms with van der Waals surface area (Å²) >= 11 is 7.38. The Labute approximate surface area is 193 Å². The number of nitro benzene ring substituents is 1. The predicted octanol–water partition coefficient (Wildman–Crippen LogP) is 6.28. The zero-order chi connectivity index (χ0) is 22.7. The molecule has 160 valence electrons. The van der Waals surface area contributed by atoms with Gasteiger partial charge in [0.2, 0.25) is 0 Å². The number of carbonyl (C=O) groups excluding carboxylic acids is 1. The lowest BCUT2D eigenvalue weighted by atomic mass is 10.1. The molecular weight excluding hydrogens is 446 g/mol. The van der Waals surface area contributed by atoms with E-state index in [4.69, 9.17) is 16.6 Å². The fourth-order valence-electron chi connectivity index (χ4n) is 3.11. The Bertz CT molecular complexity index is 1280. The fraction of sp³-hybridized carbons (Fsp3) is 0.0833. The number of amides is 1. The molecule has 4 aromatic rings. The molecule has 0 saturated heterocycles. The first kappa shape index (κ1) is 21.7. The van der Waals surface area contributed by atoms with Gasteiger partial charge < -0.3 is 5.32 Å². The van der Waals surface area contributed by atoms with E-state index in [1.807, 2.05) is 29.6 Å². The minimum Gasteiger partial charge on any atom is -0.348 e. The van der Waals surface area contributed by atoms with Gasteiger partial charge in [-0.15, -0.1) is 11.3 Å². The van der Waals surface area contributed by atoms with Crippen LogP contribution in [0.3, 0.4) is 0 Å². The number of nitrogens with one attached hydrogen (secondary N) is 1. The smallest absolute Gasteiger partial charge is 0.288 e. The number of hydrogen-bond acceptors (Lipinski definition) is 5. The van der Waals surface area contributed by atoms with Gasteiger partial charge in [-0.2, -0.15) is 0 Å². The molecule has 0 unspecified atom stereocenters. The van der Waals surface area contributed by atoms with Gasteiger partial charge >= 0.3 is 0 Å². The van der Waals surface area contributed by atoms with Crippen LogP contribution < -0.4 is 5.32 Å². The molecule has 1 aromatic heterocycles. The third-order valence-electron chi connectivity index (χ3n) is 4.91. The molecule has 0 aliphatic rings. The highest BCUT2D eigenvalue weighted by Crippen LogP contribution is 2.29. The topological polar surface area (TPSA) is 85.1 Å². The van der Waals surface area contributed by atoms with Crippen molar-refractivity contribution >= 4 is 34.5 Å². The monoisotopic (exact) mass is 463 g/mol. The second-order valence-corrected chi connectivity index (χ2v) is 8.47. The standard InChI is InChI=1S/C24H18ClN3O3S/c1-15-2-6-17(7-3-15)21-14-32-24(27-21)18-8-4-16(5-9-18)13-26-23(29)19-10-11-20(25)22(12-19)28(30)31/h2-12,14H,13H2,1H3,(H,26,29). The summed E-state index contributed by atoms with van der Waals surface area (Å²) in [6.45, 7) is 2.35. The number of aromatic nitrogens is 1. The van der Waals surface area contributed by atoms with Crippen LogP contribution in [0.4, 0.5) is 5.69 Å². The summed E-state index contributed by atoms with van der Waals surface area (Å²) in [5, 5.41) is 16.7. The van der Waals surface area contributed by atoms with E-state index in [0.29, 0.717) is 6.54 Å². The maximum absolute atomic E-state index is 12.4. The molecule has 0 fully saturated rings. The zero-order valence-corrected chi connectivity index (χ0v) is 18.6. The van der Waals surface area contributed by atoms with Crippen molar-refractivity contribution < 1.29 is 9.72 Å². The lowest BCUT2D eigenvalue weighted by Gasteiger charge is -2.07.